The summed E-state index contributed by atoms with van der Waals surface area (Å²) >= 11 is 3.20. The Balaban J connectivity index is -0.000000788. The third kappa shape index (κ3) is 31.2. The van der Waals surface area contributed by atoms with Crippen molar-refractivity contribution >= 4 is 69.9 Å². The first-order valence-corrected chi connectivity index (χ1v) is 19.8. The van der Waals surface area contributed by atoms with E-state index in [1.807, 2.05) is 12.1 Å². The molecule has 0 fully saturated rings. The average molecular weight is 1050 g/mol. The number of halogens is 2. The Morgan fingerprint density at radius 3 is 1.36 bits per heavy atom. The van der Waals surface area contributed by atoms with Crippen LogP contribution in [-0.2, 0) is 78.1 Å². The standard InChI is InChI=1S/C11H11N3O3.C10H12N2O3.C9H8N2O2.C8H8BrNO2.C4H6O3.CH4O.ClH.H3NO/c1-7-13-11(14-17-7)9-4-3-8(6-12-9)5-10(15)16-2;1-15-10(14)4-7-2-3-9(12-5-7)8(11)6-13;1-13-9(12)4-7-2-3-8(5-10)11-6-7;1-12-8(11)4-6-2-3-7(9)10-5-6;1-3(5)7-4(2)6;1-2;;1-2/h3-4,6H,5H2,1-2H3;2-3,5,11,13H,4,6H2,1H3;2-3,6H,4H2,1H3;2-3,5H,4H2,1H3;1-2H3;2H,1H3;1H;2H,1H2. The van der Waals surface area contributed by atoms with Gasteiger partial charge in [0.15, 0.2) is 0 Å². The van der Waals surface area contributed by atoms with Gasteiger partial charge in [-0.05, 0) is 62.4 Å². The molecule has 5 rings (SSSR count). The van der Waals surface area contributed by atoms with E-state index in [-0.39, 0.29) is 74.3 Å². The molecular formula is C43H53BrClN9O15. The molecule has 0 aliphatic carbocycles. The molecule has 0 aromatic carbocycles. The fraction of sp³-hybridized carbons (Fsp3) is 0.302. The van der Waals surface area contributed by atoms with E-state index in [1.54, 1.807) is 61.8 Å². The first kappa shape index (κ1) is 65.8. The Hall–Kier alpha value is -7.47. The Kier molecular flexibility index (Phi) is 37.8. The van der Waals surface area contributed by atoms with Crippen LogP contribution in [0.4, 0.5) is 0 Å². The number of hydrogen-bond acceptors (Lipinski definition) is 24. The van der Waals surface area contributed by atoms with E-state index in [1.165, 1.54) is 54.7 Å². The number of hydrogen-bond donors (Lipinski definition) is 5. The van der Waals surface area contributed by atoms with Crippen LogP contribution in [0.5, 0.6) is 0 Å². The van der Waals surface area contributed by atoms with Crippen molar-refractivity contribution in [3.05, 3.63) is 117 Å². The highest BCUT2D eigenvalue weighted by Gasteiger charge is 2.09. The molecule has 0 amide bonds. The topological polar surface area (TPSA) is 373 Å². The van der Waals surface area contributed by atoms with E-state index in [2.05, 4.69) is 75.6 Å². The van der Waals surface area contributed by atoms with Crippen LogP contribution in [0, 0.1) is 23.7 Å². The van der Waals surface area contributed by atoms with Crippen LogP contribution in [0.15, 0.2) is 82.4 Å². The zero-order valence-electron chi connectivity index (χ0n) is 38.7. The Bertz CT molecular complexity index is 2320. The Morgan fingerprint density at radius 2 is 1.09 bits per heavy atom. The number of nitrogens with zero attached hydrogens (tertiary/aromatic N) is 7. The molecule has 5 aromatic heterocycles. The van der Waals surface area contributed by atoms with E-state index in [4.69, 9.17) is 30.6 Å². The summed E-state index contributed by atoms with van der Waals surface area (Å²) in [6.07, 6.45) is 7.06. The number of esters is 6. The van der Waals surface area contributed by atoms with Gasteiger partial charge in [-0.1, -0.05) is 29.4 Å². The van der Waals surface area contributed by atoms with Crippen LogP contribution in [0.2, 0.25) is 0 Å². The van der Waals surface area contributed by atoms with E-state index in [9.17, 15) is 28.8 Å². The summed E-state index contributed by atoms with van der Waals surface area (Å²) in [5.41, 5.74) is 4.50. The number of pyridine rings is 4. The summed E-state index contributed by atoms with van der Waals surface area (Å²) in [6, 6.07) is 15.6. The van der Waals surface area contributed by atoms with Gasteiger partial charge in [-0.15, -0.1) is 12.4 Å². The van der Waals surface area contributed by atoms with E-state index < -0.39 is 11.9 Å². The maximum atomic E-state index is 11.0. The molecule has 0 radical (unpaired) electrons. The molecule has 6 N–H and O–H groups in total. The predicted octanol–water partition coefficient (Wildman–Crippen LogP) is 3.00. The molecule has 26 heteroatoms. The largest absolute Gasteiger partial charge is 0.469 e. The fourth-order valence-corrected chi connectivity index (χ4v) is 4.35. The van der Waals surface area contributed by atoms with Gasteiger partial charge >= 0.3 is 35.8 Å². The lowest BCUT2D eigenvalue weighted by Gasteiger charge is -2.02. The van der Waals surface area contributed by atoms with Crippen molar-refractivity contribution in [2.75, 3.05) is 42.2 Å². The minimum absolute atomic E-state index is 0. The summed E-state index contributed by atoms with van der Waals surface area (Å²) in [7, 11) is 6.38. The van der Waals surface area contributed by atoms with Crippen LogP contribution >= 0.6 is 28.3 Å². The quantitative estimate of drug-likeness (QED) is 0.0317. The van der Waals surface area contributed by atoms with Crippen molar-refractivity contribution in [1.82, 2.24) is 30.1 Å². The van der Waals surface area contributed by atoms with Gasteiger partial charge in [-0.3, -0.25) is 38.7 Å². The third-order valence-corrected chi connectivity index (χ3v) is 7.66. The first-order valence-electron chi connectivity index (χ1n) is 19.0. The number of methoxy groups -OCH3 is 4. The highest BCUT2D eigenvalue weighted by atomic mass is 79.9. The first-order chi connectivity index (χ1) is 32.5. The molecule has 0 saturated heterocycles. The van der Waals surface area contributed by atoms with Gasteiger partial charge in [-0.2, -0.15) is 10.2 Å². The highest BCUT2D eigenvalue weighted by molar-refractivity contribution is 9.10. The predicted molar refractivity (Wildman–Crippen MR) is 248 cm³/mol. The van der Waals surface area contributed by atoms with Crippen LogP contribution in [-0.4, -0.2) is 129 Å². The molecule has 0 unspecified atom stereocenters. The molecule has 0 saturated carbocycles. The summed E-state index contributed by atoms with van der Waals surface area (Å²) < 4.78 is 27.6. The molecule has 374 valence electrons. The monoisotopic (exact) mass is 1050 g/mol. The second-order valence-electron chi connectivity index (χ2n) is 12.1. The van der Waals surface area contributed by atoms with Crippen LogP contribution in [0.3, 0.4) is 0 Å². The molecule has 0 aliphatic heterocycles. The van der Waals surface area contributed by atoms with Crippen molar-refractivity contribution in [1.29, 1.82) is 10.7 Å². The number of rotatable bonds is 11. The average Bonchev–Trinajstić information content (AvgIpc) is 3.80. The van der Waals surface area contributed by atoms with Gasteiger partial charge in [0.05, 0.1) is 72.1 Å². The number of carbonyl (C=O) groups is 6. The van der Waals surface area contributed by atoms with E-state index >= 15 is 0 Å². The van der Waals surface area contributed by atoms with Crippen molar-refractivity contribution in [3.8, 4) is 17.6 Å². The van der Waals surface area contributed by atoms with Gasteiger partial charge in [0.1, 0.15) is 22.1 Å². The van der Waals surface area contributed by atoms with Gasteiger partial charge < -0.3 is 49.0 Å². The minimum atomic E-state index is -0.562. The summed E-state index contributed by atoms with van der Waals surface area (Å²) in [5, 5.41) is 41.7. The molecule has 0 atom stereocenters. The number of carbonyl (C=O) groups excluding carboxylic acids is 6. The zero-order valence-corrected chi connectivity index (χ0v) is 41.1. The lowest BCUT2D eigenvalue weighted by Crippen LogP contribution is -2.08. The Labute approximate surface area is 411 Å². The number of nitrogens with one attached hydrogen (secondary N) is 1. The number of aliphatic hydroxyl groups excluding tert-OH is 2. The van der Waals surface area contributed by atoms with E-state index in [0.717, 1.165) is 34.0 Å². The van der Waals surface area contributed by atoms with Crippen molar-refractivity contribution < 1.29 is 72.4 Å². The second kappa shape index (κ2) is 39.7. The summed E-state index contributed by atoms with van der Waals surface area (Å²) in [5.74, 6) is 2.11. The molecule has 69 heavy (non-hydrogen) atoms. The molecular weight excluding hydrogens is 998 g/mol. The van der Waals surface area contributed by atoms with Crippen molar-refractivity contribution in [2.45, 2.75) is 46.5 Å². The third-order valence-electron chi connectivity index (χ3n) is 7.19. The lowest BCUT2D eigenvalue weighted by atomic mass is 10.1. The number of nitrogens with two attached hydrogens (primary N) is 1. The fourth-order valence-electron chi connectivity index (χ4n) is 4.12. The number of aliphatic hydroxyl groups is 2. The Morgan fingerprint density at radius 1 is 0.681 bits per heavy atom. The molecule has 5 heterocycles. The van der Waals surface area contributed by atoms with Crippen molar-refractivity contribution in [2.24, 2.45) is 5.90 Å². The lowest BCUT2D eigenvalue weighted by molar-refractivity contribution is -0.156. The number of aryl methyl sites for hydroxylation is 1. The zero-order chi connectivity index (χ0) is 52.0. The molecule has 0 aliphatic rings. The molecule has 0 bridgehead atoms. The highest BCUT2D eigenvalue weighted by Crippen LogP contribution is 2.13. The van der Waals surface area contributed by atoms with Gasteiger partial charge in [0.2, 0.25) is 11.7 Å². The van der Waals surface area contributed by atoms with Crippen LogP contribution in [0.25, 0.3) is 11.5 Å². The van der Waals surface area contributed by atoms with Gasteiger partial charge in [-0.25, -0.2) is 15.9 Å². The molecule has 0 spiro atoms. The SMILES string of the molecule is CC(=O)OC(C)=O.CO.COC(=O)Cc1ccc(-c2noc(C)n2)nc1.COC(=O)Cc1ccc(Br)nc1.COC(=O)Cc1ccc(C#N)nc1.COC(=O)Cc1ccc(C(=N)CO)nc1.Cl.NO. The normalized spacial score (nSPS) is 8.93. The number of nitriles is 1. The van der Waals surface area contributed by atoms with Gasteiger partial charge in [0.25, 0.3) is 0 Å². The summed E-state index contributed by atoms with van der Waals surface area (Å²) in [6.45, 7) is 3.73. The minimum Gasteiger partial charge on any atom is -0.469 e. The van der Waals surface area contributed by atoms with Gasteiger partial charge in [0, 0.05) is 52.7 Å². The summed E-state index contributed by atoms with van der Waals surface area (Å²) in [4.78, 5) is 83.2. The van der Waals surface area contributed by atoms with E-state index in [0.29, 0.717) is 28.8 Å². The maximum absolute atomic E-state index is 11.0. The van der Waals surface area contributed by atoms with Crippen LogP contribution in [0.1, 0.15) is 53.4 Å². The number of ether oxygens (including phenoxy) is 5. The number of aromatic nitrogens is 6. The van der Waals surface area contributed by atoms with Crippen molar-refractivity contribution in [3.63, 3.8) is 0 Å². The molecule has 5 aromatic rings. The molecule has 24 nitrogen and oxygen atoms in total. The smallest absolute Gasteiger partial charge is 0.310 e. The second-order valence-corrected chi connectivity index (χ2v) is 12.9. The maximum Gasteiger partial charge on any atom is 0.310 e. The van der Waals surface area contributed by atoms with Crippen LogP contribution < -0.4 is 5.90 Å².